The van der Waals surface area contributed by atoms with Crippen LogP contribution in [0.2, 0.25) is 0 Å². The van der Waals surface area contributed by atoms with Crippen molar-refractivity contribution in [2.75, 3.05) is 13.2 Å². The smallest absolute Gasteiger partial charge is 0.254 e. The molecule has 140 valence electrons. The van der Waals surface area contributed by atoms with Gasteiger partial charge in [-0.05, 0) is 78.0 Å². The lowest BCUT2D eigenvalue weighted by Gasteiger charge is -2.41. The van der Waals surface area contributed by atoms with Crippen molar-refractivity contribution in [3.63, 3.8) is 0 Å². The standard InChI is InChI=1S/C21H33NO3/c1-6-22(18-11-13-25-21(4,5)15-18)19(23)17-9-7-8-16(14-17)10-12-20(2,3)24/h7-9,14,18,24H,6,10-13,15H2,1-5H3/t18-/m0/s1. The number of carbonyl (C=O) groups excluding carboxylic acids is 1. The maximum absolute atomic E-state index is 13.1. The van der Waals surface area contributed by atoms with Crippen LogP contribution < -0.4 is 0 Å². The van der Waals surface area contributed by atoms with Crippen LogP contribution in [0.1, 0.15) is 69.8 Å². The highest BCUT2D eigenvalue weighted by molar-refractivity contribution is 5.94. The van der Waals surface area contributed by atoms with E-state index >= 15 is 0 Å². The zero-order chi connectivity index (χ0) is 18.7. The Hall–Kier alpha value is -1.39. The summed E-state index contributed by atoms with van der Waals surface area (Å²) in [5.41, 5.74) is 0.963. The van der Waals surface area contributed by atoms with E-state index in [2.05, 4.69) is 13.8 Å². The van der Waals surface area contributed by atoms with E-state index in [0.717, 1.165) is 30.4 Å². The molecule has 0 bridgehead atoms. The number of benzene rings is 1. The van der Waals surface area contributed by atoms with Gasteiger partial charge in [0.05, 0.1) is 11.2 Å². The minimum absolute atomic E-state index is 0.0929. The molecule has 1 fully saturated rings. The molecule has 0 aromatic heterocycles. The van der Waals surface area contributed by atoms with Gasteiger partial charge in [0.25, 0.3) is 5.91 Å². The van der Waals surface area contributed by atoms with Gasteiger partial charge in [0, 0.05) is 24.8 Å². The third-order valence-electron chi connectivity index (χ3n) is 4.91. The third kappa shape index (κ3) is 5.82. The molecule has 0 radical (unpaired) electrons. The molecule has 0 saturated carbocycles. The second kappa shape index (κ2) is 7.88. The van der Waals surface area contributed by atoms with Crippen LogP contribution in [0, 0.1) is 0 Å². The predicted octanol–water partition coefficient (Wildman–Crippen LogP) is 3.81. The van der Waals surface area contributed by atoms with Crippen LogP contribution in [-0.2, 0) is 11.2 Å². The van der Waals surface area contributed by atoms with Crippen LogP contribution in [0.5, 0.6) is 0 Å². The van der Waals surface area contributed by atoms with Gasteiger partial charge in [0.15, 0.2) is 0 Å². The van der Waals surface area contributed by atoms with Crippen LogP contribution in [0.3, 0.4) is 0 Å². The van der Waals surface area contributed by atoms with Gasteiger partial charge in [-0.3, -0.25) is 4.79 Å². The Bertz CT molecular complexity index is 589. The Morgan fingerprint density at radius 2 is 2.12 bits per heavy atom. The molecule has 1 amide bonds. The molecule has 25 heavy (non-hydrogen) atoms. The molecule has 1 aliphatic rings. The number of aryl methyl sites for hydroxylation is 1. The van der Waals surface area contributed by atoms with Gasteiger partial charge in [0.1, 0.15) is 0 Å². The number of aliphatic hydroxyl groups is 1. The first-order valence-corrected chi connectivity index (χ1v) is 9.37. The molecule has 0 unspecified atom stereocenters. The van der Waals surface area contributed by atoms with Gasteiger partial charge in [-0.25, -0.2) is 0 Å². The summed E-state index contributed by atoms with van der Waals surface area (Å²) in [6.07, 6.45) is 3.20. The first-order chi connectivity index (χ1) is 11.6. The normalized spacial score (nSPS) is 20.3. The molecular formula is C21H33NO3. The van der Waals surface area contributed by atoms with E-state index in [-0.39, 0.29) is 17.6 Å². The lowest BCUT2D eigenvalue weighted by atomic mass is 9.92. The van der Waals surface area contributed by atoms with Gasteiger partial charge in [-0.2, -0.15) is 0 Å². The fourth-order valence-corrected chi connectivity index (χ4v) is 3.51. The first kappa shape index (κ1) is 19.9. The Kier molecular flexibility index (Phi) is 6.28. The molecular weight excluding hydrogens is 314 g/mol. The summed E-state index contributed by atoms with van der Waals surface area (Å²) in [5, 5.41) is 9.92. The van der Waals surface area contributed by atoms with Crippen molar-refractivity contribution in [3.8, 4) is 0 Å². The molecule has 4 nitrogen and oxygen atoms in total. The molecule has 2 rings (SSSR count). The maximum atomic E-state index is 13.1. The van der Waals surface area contributed by atoms with Crippen LogP contribution in [-0.4, -0.2) is 46.3 Å². The van der Waals surface area contributed by atoms with Gasteiger partial charge in [-0.1, -0.05) is 12.1 Å². The fourth-order valence-electron chi connectivity index (χ4n) is 3.51. The first-order valence-electron chi connectivity index (χ1n) is 9.37. The number of ether oxygens (including phenoxy) is 1. The monoisotopic (exact) mass is 347 g/mol. The molecule has 1 aliphatic heterocycles. The summed E-state index contributed by atoms with van der Waals surface area (Å²) in [5.74, 6) is 0.0929. The van der Waals surface area contributed by atoms with E-state index in [1.54, 1.807) is 0 Å². The van der Waals surface area contributed by atoms with Crippen molar-refractivity contribution in [2.24, 2.45) is 0 Å². The minimum Gasteiger partial charge on any atom is -0.390 e. The van der Waals surface area contributed by atoms with Crippen LogP contribution in [0.25, 0.3) is 0 Å². The lowest BCUT2D eigenvalue weighted by molar-refractivity contribution is -0.0777. The Morgan fingerprint density at radius 3 is 2.72 bits per heavy atom. The van der Waals surface area contributed by atoms with Crippen molar-refractivity contribution in [1.29, 1.82) is 0 Å². The average Bonchev–Trinajstić information content (AvgIpc) is 2.52. The fraction of sp³-hybridized carbons (Fsp3) is 0.667. The van der Waals surface area contributed by atoms with E-state index in [9.17, 15) is 9.90 Å². The van der Waals surface area contributed by atoms with Crippen LogP contribution in [0.15, 0.2) is 24.3 Å². The Morgan fingerprint density at radius 1 is 1.40 bits per heavy atom. The highest BCUT2D eigenvalue weighted by Crippen LogP contribution is 2.28. The van der Waals surface area contributed by atoms with E-state index in [4.69, 9.17) is 4.74 Å². The summed E-state index contributed by atoms with van der Waals surface area (Å²) in [6.45, 7) is 11.3. The molecule has 4 heteroatoms. The van der Waals surface area contributed by atoms with Crippen molar-refractivity contribution >= 4 is 5.91 Å². The zero-order valence-electron chi connectivity index (χ0n) is 16.3. The van der Waals surface area contributed by atoms with Gasteiger partial charge in [-0.15, -0.1) is 0 Å². The van der Waals surface area contributed by atoms with Crippen molar-refractivity contribution in [2.45, 2.75) is 77.5 Å². The number of amides is 1. The summed E-state index contributed by atoms with van der Waals surface area (Å²) in [6, 6.07) is 8.05. The molecule has 0 aliphatic carbocycles. The second-order valence-electron chi connectivity index (χ2n) is 8.36. The molecule has 1 N–H and O–H groups in total. The SMILES string of the molecule is CCN(C(=O)c1cccc(CCC(C)(C)O)c1)[C@H]1CCOC(C)(C)C1. The van der Waals surface area contributed by atoms with E-state index in [0.29, 0.717) is 19.6 Å². The maximum Gasteiger partial charge on any atom is 0.254 e. The number of rotatable bonds is 6. The third-order valence-corrected chi connectivity index (χ3v) is 4.91. The average molecular weight is 347 g/mol. The highest BCUT2D eigenvalue weighted by Gasteiger charge is 2.34. The van der Waals surface area contributed by atoms with Crippen molar-refractivity contribution in [1.82, 2.24) is 4.90 Å². The molecule has 1 atom stereocenters. The lowest BCUT2D eigenvalue weighted by Crippen LogP contribution is -2.48. The number of hydrogen-bond donors (Lipinski definition) is 1. The quantitative estimate of drug-likeness (QED) is 0.851. The molecule has 0 spiro atoms. The number of nitrogens with zero attached hydrogens (tertiary/aromatic N) is 1. The van der Waals surface area contributed by atoms with Crippen molar-refractivity contribution < 1.29 is 14.6 Å². The summed E-state index contributed by atoms with van der Waals surface area (Å²) in [4.78, 5) is 15.1. The van der Waals surface area contributed by atoms with Gasteiger partial charge < -0.3 is 14.7 Å². The molecule has 1 aromatic carbocycles. The zero-order valence-corrected chi connectivity index (χ0v) is 16.3. The topological polar surface area (TPSA) is 49.8 Å². The van der Waals surface area contributed by atoms with E-state index in [1.807, 2.05) is 49.9 Å². The summed E-state index contributed by atoms with van der Waals surface area (Å²) < 4.78 is 5.80. The molecule has 1 saturated heterocycles. The van der Waals surface area contributed by atoms with E-state index < -0.39 is 5.60 Å². The number of hydrogen-bond acceptors (Lipinski definition) is 3. The summed E-state index contributed by atoms with van der Waals surface area (Å²) in [7, 11) is 0. The number of carbonyl (C=O) groups is 1. The highest BCUT2D eigenvalue weighted by atomic mass is 16.5. The largest absolute Gasteiger partial charge is 0.390 e. The molecule has 1 heterocycles. The molecule has 1 aromatic rings. The predicted molar refractivity (Wildman–Crippen MR) is 101 cm³/mol. The second-order valence-corrected chi connectivity index (χ2v) is 8.36. The van der Waals surface area contributed by atoms with Gasteiger partial charge in [0.2, 0.25) is 0 Å². The Balaban J connectivity index is 2.12. The van der Waals surface area contributed by atoms with Gasteiger partial charge >= 0.3 is 0 Å². The summed E-state index contributed by atoms with van der Waals surface area (Å²) >= 11 is 0. The minimum atomic E-state index is -0.691. The van der Waals surface area contributed by atoms with E-state index in [1.165, 1.54) is 0 Å². The Labute approximate surface area is 152 Å². The van der Waals surface area contributed by atoms with Crippen LogP contribution >= 0.6 is 0 Å². The van der Waals surface area contributed by atoms with Crippen molar-refractivity contribution in [3.05, 3.63) is 35.4 Å². The van der Waals surface area contributed by atoms with Crippen LogP contribution in [0.4, 0.5) is 0 Å².